The number of likely N-dealkylation sites (tertiary alicyclic amines) is 1. The molecule has 5 aliphatic rings. The number of phenols is 1. The van der Waals surface area contributed by atoms with Crippen LogP contribution in [0.15, 0.2) is 18.2 Å². The second kappa shape index (κ2) is 13.4. The van der Waals surface area contributed by atoms with Gasteiger partial charge in [0.1, 0.15) is 11.9 Å². The van der Waals surface area contributed by atoms with Crippen LogP contribution in [0.3, 0.4) is 0 Å². The van der Waals surface area contributed by atoms with E-state index < -0.39 is 82.3 Å². The smallest absolute Gasteiger partial charge is 0.305 e. The van der Waals surface area contributed by atoms with Crippen LogP contribution < -0.4 is 5.32 Å². The summed E-state index contributed by atoms with van der Waals surface area (Å²) in [6, 6.07) is 3.13. The van der Waals surface area contributed by atoms with E-state index in [4.69, 9.17) is 9.47 Å². The van der Waals surface area contributed by atoms with Gasteiger partial charge in [-0.05, 0) is 64.5 Å². The first kappa shape index (κ1) is 34.3. The summed E-state index contributed by atoms with van der Waals surface area (Å²) in [7, 11) is 3.04. The Labute approximate surface area is 279 Å². The molecular weight excluding hydrogens is 622 g/mol. The highest BCUT2D eigenvalue weighted by Gasteiger charge is 2.74. The van der Waals surface area contributed by atoms with Crippen molar-refractivity contribution in [2.75, 3.05) is 40.5 Å². The Morgan fingerprint density at radius 2 is 1.73 bits per heavy atom. The van der Waals surface area contributed by atoms with Crippen molar-refractivity contribution in [3.63, 3.8) is 0 Å². The standard InChI is InChI=1S/C35H45N3O10/c1-4-22(40)48-31-24-20(16-47-18-10-5-6-11-18)19-12-9-13-21(39)23(19)29(41)25(24)32(43)35(46)27(31)28(37(2)3)30(42)26(33(35)44)34(45)36-17-38-14-7-8-15-38/h9,12-13,18,20,24-28,31,39,46H,4-8,10-11,14-17H2,1-3H3,(H,36,45)/t20-,24+,25?,26?,27+,28?,31-,35-/m0/s1. The number of carbonyl (C=O) groups excluding carboxylic acids is 6. The summed E-state index contributed by atoms with van der Waals surface area (Å²) in [6.07, 6.45) is 3.87. The number of esters is 1. The lowest BCUT2D eigenvalue weighted by Crippen LogP contribution is -2.78. The molecule has 6 rings (SSSR count). The number of hydrogen-bond acceptors (Lipinski definition) is 12. The average Bonchev–Trinajstić information content (AvgIpc) is 3.78. The maximum absolute atomic E-state index is 14.8. The molecule has 3 unspecified atom stereocenters. The van der Waals surface area contributed by atoms with Crippen LogP contribution in [-0.4, -0.2) is 119 Å². The fraction of sp³-hybridized carbons (Fsp3) is 0.657. The summed E-state index contributed by atoms with van der Waals surface area (Å²) in [5.41, 5.74) is -2.77. The first-order valence-electron chi connectivity index (χ1n) is 17.1. The molecule has 13 heteroatoms. The number of phenolic OH excluding ortho intramolecular Hbond substituents is 1. The molecule has 1 aliphatic heterocycles. The fourth-order valence-electron chi connectivity index (χ4n) is 8.83. The van der Waals surface area contributed by atoms with Gasteiger partial charge in [-0.3, -0.25) is 38.6 Å². The molecule has 4 fully saturated rings. The molecular formula is C35H45N3O10. The van der Waals surface area contributed by atoms with Gasteiger partial charge in [-0.1, -0.05) is 31.9 Å². The Hall–Kier alpha value is -3.52. The van der Waals surface area contributed by atoms with E-state index in [0.29, 0.717) is 5.56 Å². The van der Waals surface area contributed by atoms with Crippen molar-refractivity contribution in [1.29, 1.82) is 0 Å². The highest BCUT2D eigenvalue weighted by atomic mass is 16.5. The number of nitrogens with zero attached hydrogens (tertiary/aromatic N) is 2. The van der Waals surface area contributed by atoms with E-state index in [1.807, 2.05) is 4.90 Å². The molecule has 8 atom stereocenters. The van der Waals surface area contributed by atoms with E-state index in [1.165, 1.54) is 25.1 Å². The zero-order chi connectivity index (χ0) is 34.5. The average molecular weight is 668 g/mol. The van der Waals surface area contributed by atoms with E-state index in [0.717, 1.165) is 51.6 Å². The molecule has 48 heavy (non-hydrogen) atoms. The SMILES string of the molecule is CCC(=O)O[C@H]1[C@H]2C(C(=O)c3c(O)cccc3[C@@H]2COC2CCCC2)C(=O)[C@]2(O)C(=O)C(C(=O)NCN3CCCC3)C(=O)C(N(C)C)[C@H]12. The van der Waals surface area contributed by atoms with Crippen molar-refractivity contribution in [3.8, 4) is 5.75 Å². The summed E-state index contributed by atoms with van der Waals surface area (Å²) in [6.45, 7) is 3.10. The third-order valence-corrected chi connectivity index (χ3v) is 11.1. The number of carbonyl (C=O) groups is 6. The second-order valence-corrected chi connectivity index (χ2v) is 14.1. The molecule has 1 amide bonds. The van der Waals surface area contributed by atoms with Gasteiger partial charge in [0, 0.05) is 18.3 Å². The molecule has 1 saturated heterocycles. The van der Waals surface area contributed by atoms with Crippen molar-refractivity contribution in [2.24, 2.45) is 23.7 Å². The molecule has 0 radical (unpaired) electrons. The van der Waals surface area contributed by atoms with Crippen LogP contribution in [0.1, 0.15) is 73.7 Å². The predicted molar refractivity (Wildman–Crippen MR) is 169 cm³/mol. The molecule has 1 aromatic rings. The van der Waals surface area contributed by atoms with E-state index >= 15 is 0 Å². The largest absolute Gasteiger partial charge is 0.507 e. The maximum atomic E-state index is 14.8. The Balaban J connectivity index is 1.48. The highest BCUT2D eigenvalue weighted by molar-refractivity contribution is 6.32. The van der Waals surface area contributed by atoms with Crippen molar-refractivity contribution in [1.82, 2.24) is 15.1 Å². The number of ether oxygens (including phenoxy) is 2. The summed E-state index contributed by atoms with van der Waals surface area (Å²) in [4.78, 5) is 87.7. The number of ketones is 4. The number of benzene rings is 1. The summed E-state index contributed by atoms with van der Waals surface area (Å²) < 4.78 is 12.3. The molecule has 260 valence electrons. The van der Waals surface area contributed by atoms with Crippen molar-refractivity contribution in [2.45, 2.75) is 81.6 Å². The first-order chi connectivity index (χ1) is 22.9. The minimum Gasteiger partial charge on any atom is -0.507 e. The number of amides is 1. The van der Waals surface area contributed by atoms with E-state index in [9.17, 15) is 39.0 Å². The van der Waals surface area contributed by atoms with Crippen molar-refractivity contribution < 1.29 is 48.5 Å². The summed E-state index contributed by atoms with van der Waals surface area (Å²) in [5, 5.41) is 26.0. The molecule has 4 aliphatic carbocycles. The third kappa shape index (κ3) is 5.58. The molecule has 1 aromatic carbocycles. The number of aromatic hydroxyl groups is 1. The maximum Gasteiger partial charge on any atom is 0.305 e. The lowest BCUT2D eigenvalue weighted by atomic mass is 9.49. The molecule has 0 bridgehead atoms. The van der Waals surface area contributed by atoms with Gasteiger partial charge in [-0.2, -0.15) is 0 Å². The van der Waals surface area contributed by atoms with Gasteiger partial charge in [0.15, 0.2) is 34.7 Å². The van der Waals surface area contributed by atoms with Crippen LogP contribution in [0, 0.1) is 23.7 Å². The number of rotatable bonds is 9. The van der Waals surface area contributed by atoms with Crippen LogP contribution in [0.4, 0.5) is 0 Å². The van der Waals surface area contributed by atoms with Gasteiger partial charge in [0.25, 0.3) is 0 Å². The molecule has 1 heterocycles. The number of Topliss-reactive ketones (excluding diaryl/α,β-unsaturated/α-hetero) is 4. The minimum absolute atomic E-state index is 0.00419. The van der Waals surface area contributed by atoms with E-state index in [1.54, 1.807) is 19.1 Å². The molecule has 3 saturated carbocycles. The number of fused-ring (bicyclic) bond motifs is 3. The van der Waals surface area contributed by atoms with Gasteiger partial charge in [0.2, 0.25) is 5.91 Å². The van der Waals surface area contributed by atoms with Crippen molar-refractivity contribution >= 4 is 35.0 Å². The third-order valence-electron chi connectivity index (χ3n) is 11.1. The van der Waals surface area contributed by atoms with Gasteiger partial charge < -0.3 is 25.0 Å². The highest BCUT2D eigenvalue weighted by Crippen LogP contribution is 2.55. The number of hydrogen-bond donors (Lipinski definition) is 3. The van der Waals surface area contributed by atoms with E-state index in [2.05, 4.69) is 5.32 Å². The van der Waals surface area contributed by atoms with Crippen LogP contribution in [0.5, 0.6) is 5.75 Å². The second-order valence-electron chi connectivity index (χ2n) is 14.1. The fourth-order valence-corrected chi connectivity index (χ4v) is 8.83. The zero-order valence-electron chi connectivity index (χ0n) is 27.7. The Morgan fingerprint density at radius 1 is 1.04 bits per heavy atom. The monoisotopic (exact) mass is 667 g/mol. The number of likely N-dealkylation sites (N-methyl/N-ethyl adjacent to an activating group) is 1. The van der Waals surface area contributed by atoms with Gasteiger partial charge in [-0.25, -0.2) is 0 Å². The zero-order valence-corrected chi connectivity index (χ0v) is 27.7. The van der Waals surface area contributed by atoms with Crippen LogP contribution >= 0.6 is 0 Å². The van der Waals surface area contributed by atoms with Gasteiger partial charge in [0.05, 0.1) is 42.8 Å². The van der Waals surface area contributed by atoms with Crippen LogP contribution in [0.2, 0.25) is 0 Å². The Morgan fingerprint density at radius 3 is 2.38 bits per heavy atom. The quantitative estimate of drug-likeness (QED) is 0.252. The topological polar surface area (TPSA) is 180 Å². The summed E-state index contributed by atoms with van der Waals surface area (Å²) >= 11 is 0. The molecule has 0 aromatic heterocycles. The lowest BCUT2D eigenvalue weighted by Gasteiger charge is -2.57. The normalized spacial score (nSPS) is 33.8. The van der Waals surface area contributed by atoms with Gasteiger partial charge in [-0.15, -0.1) is 0 Å². The molecule has 13 nitrogen and oxygen atoms in total. The Kier molecular flexibility index (Phi) is 9.60. The number of aliphatic hydroxyl groups is 1. The molecule has 0 spiro atoms. The van der Waals surface area contributed by atoms with Gasteiger partial charge >= 0.3 is 5.97 Å². The van der Waals surface area contributed by atoms with Crippen LogP contribution in [0.25, 0.3) is 0 Å². The van der Waals surface area contributed by atoms with Crippen molar-refractivity contribution in [3.05, 3.63) is 29.3 Å². The Bertz CT molecular complexity index is 1500. The van der Waals surface area contributed by atoms with E-state index in [-0.39, 0.29) is 37.1 Å². The number of nitrogens with one attached hydrogen (secondary N) is 1. The van der Waals surface area contributed by atoms with Crippen LogP contribution in [-0.2, 0) is 33.4 Å². The lowest BCUT2D eigenvalue weighted by molar-refractivity contribution is -0.207. The predicted octanol–water partition coefficient (Wildman–Crippen LogP) is 0.983. The molecule has 3 N–H and O–H groups in total. The summed E-state index contributed by atoms with van der Waals surface area (Å²) in [5.74, 6) is -13.5. The minimum atomic E-state index is -3.03. The first-order valence-corrected chi connectivity index (χ1v) is 17.1.